The number of nitrogens with zero attached hydrogens (tertiary/aromatic N) is 1. The van der Waals surface area contributed by atoms with Crippen LogP contribution in [0.15, 0.2) is 60.8 Å². The first-order chi connectivity index (χ1) is 15.5. The maximum atomic E-state index is 11.4. The van der Waals surface area contributed by atoms with Crippen LogP contribution >= 0.6 is 11.6 Å². The van der Waals surface area contributed by atoms with Crippen LogP contribution in [0.5, 0.6) is 0 Å². The number of anilines is 1. The van der Waals surface area contributed by atoms with Crippen molar-refractivity contribution in [1.82, 2.24) is 10.3 Å². The Labute approximate surface area is 192 Å². The largest absolute Gasteiger partial charge is 0.382 e. The van der Waals surface area contributed by atoms with E-state index in [1.54, 1.807) is 30.5 Å². The number of nitrogens with two attached hydrogens (primary N) is 2. The number of fused-ring (bicyclic) bond motifs is 1. The molecule has 0 saturated heterocycles. The van der Waals surface area contributed by atoms with Crippen molar-refractivity contribution >= 4 is 40.0 Å². The van der Waals surface area contributed by atoms with Gasteiger partial charge in [0.05, 0.1) is 12.1 Å². The van der Waals surface area contributed by atoms with Crippen LogP contribution in [-0.4, -0.2) is 35.4 Å². The number of carbonyl (C=O) groups excluding carboxylic acids is 2. The molecule has 0 unspecified atom stereocenters. The Morgan fingerprint density at radius 3 is 2.31 bits per heavy atom. The van der Waals surface area contributed by atoms with E-state index in [4.69, 9.17) is 23.1 Å². The summed E-state index contributed by atoms with van der Waals surface area (Å²) in [5, 5.41) is 8.36. The van der Waals surface area contributed by atoms with Crippen LogP contribution in [0.1, 0.15) is 36.0 Å². The van der Waals surface area contributed by atoms with E-state index < -0.39 is 0 Å². The summed E-state index contributed by atoms with van der Waals surface area (Å²) in [7, 11) is 0. The fraction of sp³-hybridized carbons (Fsp3) is 0.292. The molecule has 0 atom stereocenters. The Bertz CT molecular complexity index is 1050. The normalized spacial score (nSPS) is 17.7. The van der Waals surface area contributed by atoms with Crippen molar-refractivity contribution < 1.29 is 9.59 Å². The number of primary amides is 1. The molecule has 1 heterocycles. The molecular formula is C24H28ClN5O2. The third-order valence-electron chi connectivity index (χ3n) is 5.40. The van der Waals surface area contributed by atoms with Crippen molar-refractivity contribution in [2.45, 2.75) is 37.8 Å². The second-order valence-corrected chi connectivity index (χ2v) is 8.15. The molecule has 2 aromatic carbocycles. The lowest BCUT2D eigenvalue weighted by Crippen LogP contribution is -2.42. The zero-order valence-electron chi connectivity index (χ0n) is 17.8. The summed E-state index contributed by atoms with van der Waals surface area (Å²) < 4.78 is 0. The van der Waals surface area contributed by atoms with Crippen LogP contribution in [0.4, 0.5) is 5.69 Å². The summed E-state index contributed by atoms with van der Waals surface area (Å²) in [6, 6.07) is 17.2. The fourth-order valence-electron chi connectivity index (χ4n) is 3.74. The lowest BCUT2D eigenvalue weighted by atomic mass is 9.91. The zero-order chi connectivity index (χ0) is 22.9. The molecule has 0 radical (unpaired) electrons. The topological polar surface area (TPSA) is 123 Å². The van der Waals surface area contributed by atoms with Crippen LogP contribution in [0.3, 0.4) is 0 Å². The van der Waals surface area contributed by atoms with Crippen LogP contribution in [-0.2, 0) is 4.79 Å². The number of hydrogen-bond donors (Lipinski definition) is 4. The molecule has 3 aromatic rings. The highest BCUT2D eigenvalue weighted by Crippen LogP contribution is 2.28. The summed E-state index contributed by atoms with van der Waals surface area (Å²) in [6.07, 6.45) is 5.78. The van der Waals surface area contributed by atoms with Gasteiger partial charge in [-0.25, -0.2) is 0 Å². The minimum absolute atomic E-state index is 0.0593. The minimum Gasteiger partial charge on any atom is -0.382 e. The van der Waals surface area contributed by atoms with Gasteiger partial charge in [0.15, 0.2) is 0 Å². The molecule has 4 rings (SSSR count). The van der Waals surface area contributed by atoms with Crippen molar-refractivity contribution in [1.29, 1.82) is 0 Å². The number of benzene rings is 2. The summed E-state index contributed by atoms with van der Waals surface area (Å²) in [5.74, 6) is -0.450. The molecule has 0 bridgehead atoms. The number of pyridine rings is 1. The second-order valence-electron chi connectivity index (χ2n) is 7.71. The van der Waals surface area contributed by atoms with Crippen LogP contribution < -0.4 is 22.1 Å². The Hall–Kier alpha value is -3.16. The lowest BCUT2D eigenvalue weighted by Gasteiger charge is -2.30. The van der Waals surface area contributed by atoms with Gasteiger partial charge in [0.1, 0.15) is 0 Å². The molecule has 1 saturated carbocycles. The number of hydrogen-bond acceptors (Lipinski definition) is 5. The van der Waals surface area contributed by atoms with Crippen molar-refractivity contribution in [3.8, 4) is 0 Å². The second kappa shape index (κ2) is 11.5. The standard InChI is InChI=1S/C17H21ClN4O.C7H7NO/c18-11-1-6-14-15(7-8-20-16(14)9-11)21-12-2-4-13(5-3-12)22-17(23)10-19;8-7(9)6-4-2-1-3-5-6/h1,6-9,12-13H,2-5,10,19H2,(H,20,21)(H,22,23);1-5H,(H2,8,9). The summed E-state index contributed by atoms with van der Waals surface area (Å²) in [4.78, 5) is 26.1. The van der Waals surface area contributed by atoms with E-state index in [0.717, 1.165) is 42.3 Å². The third kappa shape index (κ3) is 6.67. The van der Waals surface area contributed by atoms with Crippen LogP contribution in [0.2, 0.25) is 5.02 Å². The Morgan fingerprint density at radius 2 is 1.69 bits per heavy atom. The van der Waals surface area contributed by atoms with Crippen molar-refractivity contribution in [2.75, 3.05) is 11.9 Å². The SMILES string of the molecule is NC(=O)c1ccccc1.NCC(=O)NC1CCC(Nc2ccnc3cc(Cl)ccc23)CC1. The number of nitrogens with one attached hydrogen (secondary N) is 2. The van der Waals surface area contributed by atoms with Gasteiger partial charge in [0.2, 0.25) is 11.8 Å². The predicted octanol–water partition coefficient (Wildman–Crippen LogP) is 3.47. The highest BCUT2D eigenvalue weighted by atomic mass is 35.5. The number of halogens is 1. The average Bonchev–Trinajstić information content (AvgIpc) is 2.81. The Kier molecular flexibility index (Phi) is 8.41. The van der Waals surface area contributed by atoms with E-state index >= 15 is 0 Å². The zero-order valence-corrected chi connectivity index (χ0v) is 18.5. The molecule has 1 aromatic heterocycles. The molecular weight excluding hydrogens is 426 g/mol. The average molecular weight is 454 g/mol. The third-order valence-corrected chi connectivity index (χ3v) is 5.64. The Balaban J connectivity index is 0.000000269. The molecule has 2 amide bonds. The summed E-state index contributed by atoms with van der Waals surface area (Å²) in [5.41, 5.74) is 12.8. The molecule has 168 valence electrons. The van der Waals surface area contributed by atoms with Crippen molar-refractivity contribution in [3.05, 3.63) is 71.4 Å². The van der Waals surface area contributed by atoms with Gasteiger partial charge in [0, 0.05) is 39.9 Å². The maximum Gasteiger partial charge on any atom is 0.248 e. The summed E-state index contributed by atoms with van der Waals surface area (Å²) in [6.45, 7) is 0.0593. The molecule has 6 N–H and O–H groups in total. The van der Waals surface area contributed by atoms with Crippen molar-refractivity contribution in [2.24, 2.45) is 11.5 Å². The highest BCUT2D eigenvalue weighted by Gasteiger charge is 2.22. The molecule has 1 aliphatic carbocycles. The van der Waals surface area contributed by atoms with E-state index in [0.29, 0.717) is 16.6 Å². The van der Waals surface area contributed by atoms with Crippen LogP contribution in [0.25, 0.3) is 10.9 Å². The van der Waals surface area contributed by atoms with Crippen molar-refractivity contribution in [3.63, 3.8) is 0 Å². The van der Waals surface area contributed by atoms with Gasteiger partial charge in [0.25, 0.3) is 0 Å². The molecule has 8 heteroatoms. The van der Waals surface area contributed by atoms with E-state index in [1.165, 1.54) is 0 Å². The molecule has 0 aliphatic heterocycles. The first kappa shape index (κ1) is 23.5. The molecule has 1 fully saturated rings. The first-order valence-electron chi connectivity index (χ1n) is 10.6. The van der Waals surface area contributed by atoms with E-state index in [2.05, 4.69) is 15.6 Å². The number of aromatic nitrogens is 1. The van der Waals surface area contributed by atoms with Gasteiger partial charge in [-0.2, -0.15) is 0 Å². The minimum atomic E-state index is -0.379. The predicted molar refractivity (Wildman–Crippen MR) is 129 cm³/mol. The fourth-order valence-corrected chi connectivity index (χ4v) is 3.90. The van der Waals surface area contributed by atoms with E-state index in [1.807, 2.05) is 30.3 Å². The molecule has 1 aliphatic rings. The first-order valence-corrected chi connectivity index (χ1v) is 11.0. The highest BCUT2D eigenvalue weighted by molar-refractivity contribution is 6.31. The lowest BCUT2D eigenvalue weighted by molar-refractivity contribution is -0.120. The van der Waals surface area contributed by atoms with Gasteiger partial charge in [-0.1, -0.05) is 29.8 Å². The van der Waals surface area contributed by atoms with Gasteiger partial charge >= 0.3 is 0 Å². The van der Waals surface area contributed by atoms with Crippen LogP contribution in [0, 0.1) is 0 Å². The van der Waals surface area contributed by atoms with Gasteiger partial charge in [-0.3, -0.25) is 14.6 Å². The van der Waals surface area contributed by atoms with Gasteiger partial charge in [-0.15, -0.1) is 0 Å². The molecule has 7 nitrogen and oxygen atoms in total. The van der Waals surface area contributed by atoms with E-state index in [-0.39, 0.29) is 24.4 Å². The number of carbonyl (C=O) groups is 2. The van der Waals surface area contributed by atoms with E-state index in [9.17, 15) is 9.59 Å². The maximum absolute atomic E-state index is 11.4. The number of rotatable bonds is 5. The molecule has 32 heavy (non-hydrogen) atoms. The van der Waals surface area contributed by atoms with Gasteiger partial charge < -0.3 is 22.1 Å². The molecule has 0 spiro atoms. The monoisotopic (exact) mass is 453 g/mol. The Morgan fingerprint density at radius 1 is 1.00 bits per heavy atom. The summed E-state index contributed by atoms with van der Waals surface area (Å²) >= 11 is 6.03. The smallest absolute Gasteiger partial charge is 0.248 e. The quantitative estimate of drug-likeness (QED) is 0.471. The van der Waals surface area contributed by atoms with Gasteiger partial charge in [-0.05, 0) is 62.1 Å². The number of amides is 2.